The van der Waals surface area contributed by atoms with E-state index in [0.717, 1.165) is 12.8 Å². The van der Waals surface area contributed by atoms with Crippen molar-refractivity contribution in [1.29, 1.82) is 0 Å². The summed E-state index contributed by atoms with van der Waals surface area (Å²) >= 11 is 6.01. The first-order valence-corrected chi connectivity index (χ1v) is 7.41. The van der Waals surface area contributed by atoms with Gasteiger partial charge in [-0.05, 0) is 12.8 Å². The number of piperidine rings is 1. The Balaban J connectivity index is 2.05. The van der Waals surface area contributed by atoms with Crippen LogP contribution in [0.3, 0.4) is 0 Å². The molecule has 0 spiro atoms. The molecule has 0 radical (unpaired) electrons. The molecule has 0 saturated carbocycles. The van der Waals surface area contributed by atoms with Gasteiger partial charge in [-0.1, -0.05) is 0 Å². The smallest absolute Gasteiger partial charge is 0.282 e. The minimum Gasteiger partial charge on any atom is -0.379 e. The van der Waals surface area contributed by atoms with E-state index >= 15 is 0 Å². The molecule has 0 N–H and O–H groups in total. The van der Waals surface area contributed by atoms with Crippen molar-refractivity contribution in [3.05, 3.63) is 0 Å². The Morgan fingerprint density at radius 1 is 1.12 bits per heavy atom. The van der Waals surface area contributed by atoms with Crippen LogP contribution in [0.5, 0.6) is 0 Å². The Hall–Kier alpha value is 0.120. The highest BCUT2D eigenvalue weighted by molar-refractivity contribution is 7.86. The van der Waals surface area contributed by atoms with Gasteiger partial charge in [0.2, 0.25) is 0 Å². The topological polar surface area (TPSA) is 49.9 Å². The van der Waals surface area contributed by atoms with Crippen LogP contribution in [0.2, 0.25) is 0 Å². The third kappa shape index (κ3) is 2.68. The Labute approximate surface area is 101 Å². The van der Waals surface area contributed by atoms with Crippen LogP contribution < -0.4 is 0 Å². The van der Waals surface area contributed by atoms with Gasteiger partial charge in [-0.25, -0.2) is 0 Å². The van der Waals surface area contributed by atoms with E-state index in [1.165, 1.54) is 8.61 Å². The van der Waals surface area contributed by atoms with Crippen molar-refractivity contribution in [3.8, 4) is 0 Å². The fourth-order valence-electron chi connectivity index (χ4n) is 2.04. The summed E-state index contributed by atoms with van der Waals surface area (Å²) in [7, 11) is -3.32. The van der Waals surface area contributed by atoms with Crippen LogP contribution in [0, 0.1) is 0 Å². The van der Waals surface area contributed by atoms with Crippen LogP contribution in [-0.4, -0.2) is 61.8 Å². The first-order chi connectivity index (χ1) is 7.60. The van der Waals surface area contributed by atoms with Crippen LogP contribution in [0.25, 0.3) is 0 Å². The molecule has 2 saturated heterocycles. The third-order valence-corrected chi connectivity index (χ3v) is 5.31. The van der Waals surface area contributed by atoms with Crippen LogP contribution in [0.1, 0.15) is 12.8 Å². The van der Waals surface area contributed by atoms with Crippen molar-refractivity contribution in [2.24, 2.45) is 0 Å². The maximum absolute atomic E-state index is 12.2. The van der Waals surface area contributed by atoms with E-state index in [9.17, 15) is 8.42 Å². The zero-order chi connectivity index (χ0) is 11.6. The lowest BCUT2D eigenvalue weighted by Gasteiger charge is -2.35. The van der Waals surface area contributed by atoms with Gasteiger partial charge < -0.3 is 4.74 Å². The number of hydrogen-bond acceptors (Lipinski definition) is 3. The fraction of sp³-hybridized carbons (Fsp3) is 1.00. The number of alkyl halides is 1. The first-order valence-electron chi connectivity index (χ1n) is 5.58. The quantitative estimate of drug-likeness (QED) is 0.676. The predicted molar refractivity (Wildman–Crippen MR) is 61.8 cm³/mol. The maximum Gasteiger partial charge on any atom is 0.282 e. The summed E-state index contributed by atoms with van der Waals surface area (Å²) in [6, 6.07) is 0. The zero-order valence-electron chi connectivity index (χ0n) is 9.14. The van der Waals surface area contributed by atoms with Crippen LogP contribution in [-0.2, 0) is 14.9 Å². The average Bonchev–Trinajstić information content (AvgIpc) is 2.30. The van der Waals surface area contributed by atoms with Crippen LogP contribution >= 0.6 is 11.6 Å². The van der Waals surface area contributed by atoms with Crippen molar-refractivity contribution >= 4 is 21.8 Å². The largest absolute Gasteiger partial charge is 0.379 e. The summed E-state index contributed by atoms with van der Waals surface area (Å²) < 4.78 is 32.6. The molecule has 0 aromatic carbocycles. The summed E-state index contributed by atoms with van der Waals surface area (Å²) in [6.45, 7) is 2.89. The van der Waals surface area contributed by atoms with E-state index in [1.54, 1.807) is 0 Å². The molecule has 2 aliphatic rings. The molecule has 94 valence electrons. The Morgan fingerprint density at radius 3 is 2.44 bits per heavy atom. The molecule has 1 atom stereocenters. The Bertz CT molecular complexity index is 330. The van der Waals surface area contributed by atoms with Gasteiger partial charge in [0.25, 0.3) is 10.2 Å². The highest BCUT2D eigenvalue weighted by Crippen LogP contribution is 2.20. The molecular formula is C9H17ClN2O3S. The highest BCUT2D eigenvalue weighted by atomic mass is 35.5. The molecule has 0 bridgehead atoms. The zero-order valence-corrected chi connectivity index (χ0v) is 10.7. The lowest BCUT2D eigenvalue weighted by molar-refractivity contribution is 0.0698. The minimum atomic E-state index is -3.32. The number of ether oxygens (including phenoxy) is 1. The second-order valence-corrected chi connectivity index (χ2v) is 6.66. The van der Waals surface area contributed by atoms with Crippen molar-refractivity contribution in [1.82, 2.24) is 8.61 Å². The molecule has 0 aromatic rings. The van der Waals surface area contributed by atoms with E-state index < -0.39 is 10.2 Å². The van der Waals surface area contributed by atoms with Gasteiger partial charge in [0.05, 0.1) is 13.2 Å². The molecule has 0 amide bonds. The predicted octanol–water partition coefficient (Wildman–Crippen LogP) is 0.267. The third-order valence-electron chi connectivity index (χ3n) is 2.95. The number of hydrogen-bond donors (Lipinski definition) is 0. The molecule has 2 heterocycles. The van der Waals surface area contributed by atoms with Crippen molar-refractivity contribution in [3.63, 3.8) is 0 Å². The van der Waals surface area contributed by atoms with Crippen molar-refractivity contribution in [2.75, 3.05) is 39.4 Å². The molecule has 1 unspecified atom stereocenters. The van der Waals surface area contributed by atoms with Gasteiger partial charge in [0.15, 0.2) is 0 Å². The SMILES string of the molecule is O=S(=O)(N1CCOCC1)N1CCCC(Cl)C1. The molecule has 16 heavy (non-hydrogen) atoms. The maximum atomic E-state index is 12.2. The standard InChI is InChI=1S/C9H17ClN2O3S/c10-9-2-1-3-12(8-9)16(13,14)11-4-6-15-7-5-11/h9H,1-8H2. The lowest BCUT2D eigenvalue weighted by Crippen LogP contribution is -2.51. The van der Waals surface area contributed by atoms with E-state index in [1.807, 2.05) is 0 Å². The van der Waals surface area contributed by atoms with E-state index in [-0.39, 0.29) is 5.38 Å². The molecule has 5 nitrogen and oxygen atoms in total. The van der Waals surface area contributed by atoms with Crippen molar-refractivity contribution in [2.45, 2.75) is 18.2 Å². The molecule has 7 heteroatoms. The average molecular weight is 269 g/mol. The van der Waals surface area contributed by atoms with Gasteiger partial charge in [0.1, 0.15) is 0 Å². The van der Waals surface area contributed by atoms with Gasteiger partial charge in [-0.2, -0.15) is 17.0 Å². The number of rotatable bonds is 2. The van der Waals surface area contributed by atoms with Gasteiger partial charge >= 0.3 is 0 Å². The van der Waals surface area contributed by atoms with E-state index in [4.69, 9.17) is 16.3 Å². The van der Waals surface area contributed by atoms with Gasteiger partial charge in [-0.3, -0.25) is 0 Å². The fourth-order valence-corrected chi connectivity index (χ4v) is 4.11. The van der Waals surface area contributed by atoms with Gasteiger partial charge in [0, 0.05) is 31.6 Å². The van der Waals surface area contributed by atoms with Crippen LogP contribution in [0.4, 0.5) is 0 Å². The molecule has 2 rings (SSSR count). The van der Waals surface area contributed by atoms with E-state index in [2.05, 4.69) is 0 Å². The van der Waals surface area contributed by atoms with Crippen LogP contribution in [0.15, 0.2) is 0 Å². The molecule has 0 aliphatic carbocycles. The summed E-state index contributed by atoms with van der Waals surface area (Å²) in [5.41, 5.74) is 0. The molecule has 2 fully saturated rings. The highest BCUT2D eigenvalue weighted by Gasteiger charge is 2.33. The first kappa shape index (κ1) is 12.6. The molecular weight excluding hydrogens is 252 g/mol. The summed E-state index contributed by atoms with van der Waals surface area (Å²) in [4.78, 5) is 0. The second kappa shape index (κ2) is 5.18. The summed E-state index contributed by atoms with van der Waals surface area (Å²) in [6.07, 6.45) is 1.74. The normalized spacial score (nSPS) is 30.4. The molecule has 0 aromatic heterocycles. The lowest BCUT2D eigenvalue weighted by atomic mass is 10.2. The van der Waals surface area contributed by atoms with Gasteiger partial charge in [-0.15, -0.1) is 11.6 Å². The Kier molecular flexibility index (Phi) is 4.07. The summed E-state index contributed by atoms with van der Waals surface area (Å²) in [5, 5.41) is -0.0513. The minimum absolute atomic E-state index is 0.0513. The summed E-state index contributed by atoms with van der Waals surface area (Å²) in [5.74, 6) is 0. The Morgan fingerprint density at radius 2 is 1.81 bits per heavy atom. The second-order valence-electron chi connectivity index (χ2n) is 4.12. The van der Waals surface area contributed by atoms with E-state index in [0.29, 0.717) is 39.4 Å². The number of halogens is 1. The number of morpholine rings is 1. The molecule has 2 aliphatic heterocycles. The monoisotopic (exact) mass is 268 g/mol. The van der Waals surface area contributed by atoms with Crippen molar-refractivity contribution < 1.29 is 13.2 Å². The number of nitrogens with zero attached hydrogens (tertiary/aromatic N) is 2.